The molecule has 2 aromatic carbocycles. The van der Waals surface area contributed by atoms with E-state index in [4.69, 9.17) is 39.5 Å². The number of carbonyl (C=O) groups is 3. The summed E-state index contributed by atoms with van der Waals surface area (Å²) in [6, 6.07) is 12.2. The van der Waals surface area contributed by atoms with Gasteiger partial charge in [0, 0.05) is 50.8 Å². The standard InChI is InChI=1S/C27H28Cl3N5O4S/c1-39-13-12-35(26(38)18-6-7-20(28)22(30)14-18)16-24(36)32-27-31-19(17-40-27)15-25(37)34-10-8-33(9-11-34)23-5-3-2-4-21(23)29/h2-7,14,17H,8-13,15-16H2,1H3,(H,31,32,36). The van der Waals surface area contributed by atoms with Gasteiger partial charge in [-0.1, -0.05) is 46.9 Å². The molecule has 13 heteroatoms. The van der Waals surface area contributed by atoms with Gasteiger partial charge in [-0.25, -0.2) is 4.98 Å². The highest BCUT2D eigenvalue weighted by Crippen LogP contribution is 2.26. The van der Waals surface area contributed by atoms with Crippen LogP contribution in [0.25, 0.3) is 0 Å². The van der Waals surface area contributed by atoms with Crippen molar-refractivity contribution in [3.05, 3.63) is 74.2 Å². The van der Waals surface area contributed by atoms with Crippen LogP contribution in [-0.4, -0.2) is 85.5 Å². The van der Waals surface area contributed by atoms with Crippen molar-refractivity contribution in [3.63, 3.8) is 0 Å². The number of hydrogen-bond donors (Lipinski definition) is 1. The fourth-order valence-corrected chi connectivity index (χ4v) is 5.49. The van der Waals surface area contributed by atoms with Crippen molar-refractivity contribution in [2.24, 2.45) is 0 Å². The molecule has 4 rings (SSSR count). The second-order valence-electron chi connectivity index (χ2n) is 9.04. The van der Waals surface area contributed by atoms with Crippen LogP contribution in [0.15, 0.2) is 47.8 Å². The summed E-state index contributed by atoms with van der Waals surface area (Å²) >= 11 is 19.6. The molecule has 1 aromatic heterocycles. The number of anilines is 2. The van der Waals surface area contributed by atoms with Gasteiger partial charge in [-0.15, -0.1) is 11.3 Å². The molecule has 0 spiro atoms. The van der Waals surface area contributed by atoms with Crippen LogP contribution in [0, 0.1) is 0 Å². The Bertz CT molecular complexity index is 1360. The van der Waals surface area contributed by atoms with Crippen LogP contribution in [0.1, 0.15) is 16.1 Å². The number of amides is 3. The van der Waals surface area contributed by atoms with E-state index in [1.807, 2.05) is 29.2 Å². The summed E-state index contributed by atoms with van der Waals surface area (Å²) in [6.07, 6.45) is 0.133. The van der Waals surface area contributed by atoms with E-state index >= 15 is 0 Å². The maximum atomic E-state index is 13.0. The van der Waals surface area contributed by atoms with Crippen molar-refractivity contribution in [1.29, 1.82) is 0 Å². The maximum absolute atomic E-state index is 13.0. The SMILES string of the molecule is COCCN(CC(=O)Nc1nc(CC(=O)N2CCN(c3ccccc3Cl)CC2)cs1)C(=O)c1ccc(Cl)c(Cl)c1. The summed E-state index contributed by atoms with van der Waals surface area (Å²) < 4.78 is 5.10. The third-order valence-corrected chi connectivity index (χ3v) is 8.17. The first-order chi connectivity index (χ1) is 19.2. The van der Waals surface area contributed by atoms with Crippen LogP contribution in [-0.2, 0) is 20.7 Å². The first-order valence-electron chi connectivity index (χ1n) is 12.5. The van der Waals surface area contributed by atoms with E-state index in [9.17, 15) is 14.4 Å². The quantitative estimate of drug-likeness (QED) is 0.351. The lowest BCUT2D eigenvalue weighted by Gasteiger charge is -2.36. The number of piperazine rings is 1. The zero-order chi connectivity index (χ0) is 28.6. The average molecular weight is 625 g/mol. The number of ether oxygens (including phenoxy) is 1. The monoisotopic (exact) mass is 623 g/mol. The molecule has 3 aromatic rings. The van der Waals surface area contributed by atoms with Crippen LogP contribution in [0.2, 0.25) is 15.1 Å². The number of methoxy groups -OCH3 is 1. The molecule has 0 bridgehead atoms. The first-order valence-corrected chi connectivity index (χ1v) is 14.5. The minimum Gasteiger partial charge on any atom is -0.383 e. The van der Waals surface area contributed by atoms with Gasteiger partial charge in [0.25, 0.3) is 5.91 Å². The van der Waals surface area contributed by atoms with E-state index in [0.717, 1.165) is 5.69 Å². The molecule has 1 aliphatic rings. The zero-order valence-electron chi connectivity index (χ0n) is 21.7. The molecule has 1 N–H and O–H groups in total. The third kappa shape index (κ3) is 7.86. The van der Waals surface area contributed by atoms with Crippen molar-refractivity contribution in [2.75, 3.05) is 63.2 Å². The number of nitrogens with one attached hydrogen (secondary N) is 1. The number of thiazole rings is 1. The highest BCUT2D eigenvalue weighted by molar-refractivity contribution is 7.13. The van der Waals surface area contributed by atoms with Crippen LogP contribution in [0.5, 0.6) is 0 Å². The molecule has 2 heterocycles. The molecule has 0 atom stereocenters. The minimum atomic E-state index is -0.424. The lowest BCUT2D eigenvalue weighted by molar-refractivity contribution is -0.130. The Morgan fingerprint density at radius 1 is 1.02 bits per heavy atom. The number of hydrogen-bond acceptors (Lipinski definition) is 7. The molecule has 212 valence electrons. The van der Waals surface area contributed by atoms with Gasteiger partial charge in [-0.3, -0.25) is 14.4 Å². The van der Waals surface area contributed by atoms with Crippen LogP contribution < -0.4 is 10.2 Å². The van der Waals surface area contributed by atoms with Crippen LogP contribution in [0.3, 0.4) is 0 Å². The predicted octanol–water partition coefficient (Wildman–Crippen LogP) is 4.72. The normalized spacial score (nSPS) is 13.3. The predicted molar refractivity (Wildman–Crippen MR) is 159 cm³/mol. The number of halogens is 3. The Hall–Kier alpha value is -2.89. The number of rotatable bonds is 10. The van der Waals surface area contributed by atoms with Crippen molar-refractivity contribution in [3.8, 4) is 0 Å². The summed E-state index contributed by atoms with van der Waals surface area (Å²) in [5.41, 5.74) is 1.85. The lowest BCUT2D eigenvalue weighted by Crippen LogP contribution is -2.49. The maximum Gasteiger partial charge on any atom is 0.254 e. The van der Waals surface area contributed by atoms with Gasteiger partial charge in [0.2, 0.25) is 11.8 Å². The van der Waals surface area contributed by atoms with Gasteiger partial charge in [0.15, 0.2) is 5.13 Å². The van der Waals surface area contributed by atoms with Gasteiger partial charge >= 0.3 is 0 Å². The number of nitrogens with zero attached hydrogens (tertiary/aromatic N) is 4. The van der Waals surface area contributed by atoms with Gasteiger partial charge in [-0.05, 0) is 30.3 Å². The third-order valence-electron chi connectivity index (χ3n) is 6.31. The van der Waals surface area contributed by atoms with E-state index in [2.05, 4.69) is 15.2 Å². The Balaban J connectivity index is 1.29. The zero-order valence-corrected chi connectivity index (χ0v) is 24.8. The fraction of sp³-hybridized carbons (Fsp3) is 0.333. The van der Waals surface area contributed by atoms with E-state index < -0.39 is 5.91 Å². The number of carbonyl (C=O) groups excluding carboxylic acids is 3. The van der Waals surface area contributed by atoms with Crippen LogP contribution in [0.4, 0.5) is 10.8 Å². The van der Waals surface area contributed by atoms with Gasteiger partial charge in [0.1, 0.15) is 6.54 Å². The molecule has 0 radical (unpaired) electrons. The average Bonchev–Trinajstić information content (AvgIpc) is 3.38. The Morgan fingerprint density at radius 2 is 1.77 bits per heavy atom. The van der Waals surface area contributed by atoms with E-state index in [0.29, 0.717) is 52.6 Å². The van der Waals surface area contributed by atoms with Gasteiger partial charge in [0.05, 0.1) is 39.5 Å². The largest absolute Gasteiger partial charge is 0.383 e. The summed E-state index contributed by atoms with van der Waals surface area (Å²) in [6.45, 7) is 2.78. The van der Waals surface area contributed by atoms with E-state index in [1.54, 1.807) is 11.4 Å². The van der Waals surface area contributed by atoms with Gasteiger partial charge < -0.3 is 24.8 Å². The Morgan fingerprint density at radius 3 is 2.48 bits per heavy atom. The Labute approximate surface area is 251 Å². The highest BCUT2D eigenvalue weighted by atomic mass is 35.5. The molecule has 0 saturated carbocycles. The number of para-hydroxylation sites is 1. The molecule has 40 heavy (non-hydrogen) atoms. The van der Waals surface area contributed by atoms with Crippen molar-refractivity contribution in [1.82, 2.24) is 14.8 Å². The molecular weight excluding hydrogens is 597 g/mol. The van der Waals surface area contributed by atoms with Gasteiger partial charge in [-0.2, -0.15) is 0 Å². The molecule has 0 aliphatic carbocycles. The van der Waals surface area contributed by atoms with Crippen molar-refractivity contribution < 1.29 is 19.1 Å². The molecule has 1 fully saturated rings. The number of benzene rings is 2. The molecule has 0 unspecified atom stereocenters. The van der Waals surface area contributed by atoms with Crippen molar-refractivity contribution in [2.45, 2.75) is 6.42 Å². The molecule has 3 amide bonds. The number of aromatic nitrogens is 1. The second-order valence-corrected chi connectivity index (χ2v) is 11.1. The smallest absolute Gasteiger partial charge is 0.254 e. The topological polar surface area (TPSA) is 95.1 Å². The van der Waals surface area contributed by atoms with E-state index in [1.165, 1.54) is 35.5 Å². The molecule has 1 saturated heterocycles. The van der Waals surface area contributed by atoms with Crippen molar-refractivity contribution >= 4 is 74.7 Å². The van der Waals surface area contributed by atoms with E-state index in [-0.39, 0.29) is 43.0 Å². The Kier molecular flexibility index (Phi) is 10.6. The second kappa shape index (κ2) is 14.1. The summed E-state index contributed by atoms with van der Waals surface area (Å²) in [5.74, 6) is -0.835. The molecule has 1 aliphatic heterocycles. The first kappa shape index (κ1) is 30.1. The lowest BCUT2D eigenvalue weighted by atomic mass is 10.2. The minimum absolute atomic E-state index is 0.0278. The summed E-state index contributed by atoms with van der Waals surface area (Å²) in [7, 11) is 1.51. The highest BCUT2D eigenvalue weighted by Gasteiger charge is 2.24. The molecule has 9 nitrogen and oxygen atoms in total. The fourth-order valence-electron chi connectivity index (χ4n) is 4.22. The van der Waals surface area contributed by atoms with Crippen LogP contribution >= 0.6 is 46.1 Å². The molecular formula is C27H28Cl3N5O4S. The summed E-state index contributed by atoms with van der Waals surface area (Å²) in [4.78, 5) is 48.4. The summed E-state index contributed by atoms with van der Waals surface area (Å²) in [5, 5.41) is 6.09.